The molecule has 2 aliphatic heterocycles. The molecule has 0 bridgehead atoms. The van der Waals surface area contributed by atoms with Gasteiger partial charge in [0.15, 0.2) is 5.17 Å². The summed E-state index contributed by atoms with van der Waals surface area (Å²) in [5, 5.41) is 4.13. The highest BCUT2D eigenvalue weighted by Crippen LogP contribution is 2.34. The lowest BCUT2D eigenvalue weighted by molar-refractivity contribution is -0.124. The maximum Gasteiger partial charge on any atom is 0.259 e. The van der Waals surface area contributed by atoms with Crippen LogP contribution in [0.1, 0.15) is 30.9 Å². The molecule has 2 aromatic rings. The molecule has 0 aromatic heterocycles. The highest BCUT2D eigenvalue weighted by atomic mass is 35.5. The van der Waals surface area contributed by atoms with Crippen LogP contribution in [0.15, 0.2) is 58.5 Å². The summed E-state index contributed by atoms with van der Waals surface area (Å²) in [5.74, 6) is 0.646. The number of amidine groups is 2. The molecule has 0 aliphatic carbocycles. The smallest absolute Gasteiger partial charge is 0.259 e. The Bertz CT molecular complexity index is 1050. The minimum Gasteiger partial charge on any atom is -0.355 e. The topological polar surface area (TPSA) is 74.1 Å². The molecule has 0 saturated carbocycles. The van der Waals surface area contributed by atoms with E-state index in [-0.39, 0.29) is 23.6 Å². The van der Waals surface area contributed by atoms with E-state index in [1.54, 1.807) is 4.90 Å². The zero-order chi connectivity index (χ0) is 21.8. The van der Waals surface area contributed by atoms with Gasteiger partial charge in [-0.3, -0.25) is 14.6 Å². The third-order valence-corrected chi connectivity index (χ3v) is 6.28. The number of fused-ring (bicyclic) bond motifs is 3. The van der Waals surface area contributed by atoms with Crippen molar-refractivity contribution in [3.63, 3.8) is 0 Å². The van der Waals surface area contributed by atoms with E-state index in [0.717, 1.165) is 29.7 Å². The van der Waals surface area contributed by atoms with Gasteiger partial charge in [0, 0.05) is 17.1 Å². The Kier molecular flexibility index (Phi) is 6.73. The Morgan fingerprint density at radius 3 is 2.74 bits per heavy atom. The number of amides is 2. The number of nitrogens with zero attached hydrogens (tertiary/aromatic N) is 3. The summed E-state index contributed by atoms with van der Waals surface area (Å²) in [4.78, 5) is 36.2. The first-order chi connectivity index (χ1) is 15.1. The fraction of sp³-hybridized carbons (Fsp3) is 0.304. The molecule has 1 atom stereocenters. The fourth-order valence-corrected chi connectivity index (χ4v) is 4.50. The standard InChI is InChI=1S/C23H23ClN4O2S/c1-2-5-19-22(30)28-21(26-19)17-6-3-4-7-18(17)27-23(28)31-14-20(29)25-13-12-15-8-10-16(24)11-9-15/h3-4,6-11,19H,2,5,12-14H2,1H3,(H,25,29)/t19-/m1/s1. The molecule has 0 fully saturated rings. The van der Waals surface area contributed by atoms with Gasteiger partial charge in [-0.2, -0.15) is 0 Å². The average Bonchev–Trinajstić information content (AvgIpc) is 3.10. The Labute approximate surface area is 190 Å². The average molecular weight is 455 g/mol. The van der Waals surface area contributed by atoms with Gasteiger partial charge in [0.25, 0.3) is 5.91 Å². The first kappa shape index (κ1) is 21.6. The summed E-state index contributed by atoms with van der Waals surface area (Å²) < 4.78 is 0. The highest BCUT2D eigenvalue weighted by Gasteiger charge is 2.40. The van der Waals surface area contributed by atoms with Crippen LogP contribution in [0, 0.1) is 0 Å². The fourth-order valence-electron chi connectivity index (χ4n) is 3.54. The van der Waals surface area contributed by atoms with E-state index in [0.29, 0.717) is 29.0 Å². The number of carbonyl (C=O) groups excluding carboxylic acids is 2. The predicted molar refractivity (Wildman–Crippen MR) is 126 cm³/mol. The summed E-state index contributed by atoms with van der Waals surface area (Å²) in [7, 11) is 0. The van der Waals surface area contributed by atoms with E-state index in [9.17, 15) is 9.59 Å². The van der Waals surface area contributed by atoms with Gasteiger partial charge in [0.05, 0.1) is 11.4 Å². The van der Waals surface area contributed by atoms with Crippen LogP contribution in [0.5, 0.6) is 0 Å². The van der Waals surface area contributed by atoms with E-state index in [4.69, 9.17) is 11.6 Å². The van der Waals surface area contributed by atoms with Crippen LogP contribution in [-0.4, -0.2) is 46.1 Å². The second-order valence-corrected chi connectivity index (χ2v) is 8.74. The van der Waals surface area contributed by atoms with E-state index < -0.39 is 0 Å². The molecule has 0 spiro atoms. The van der Waals surface area contributed by atoms with Crippen LogP contribution in [0.4, 0.5) is 5.69 Å². The van der Waals surface area contributed by atoms with E-state index in [1.165, 1.54) is 11.8 Å². The predicted octanol–water partition coefficient (Wildman–Crippen LogP) is 4.19. The number of nitrogens with one attached hydrogen (secondary N) is 1. The molecule has 2 amide bonds. The van der Waals surface area contributed by atoms with Gasteiger partial charge in [0.1, 0.15) is 11.9 Å². The Morgan fingerprint density at radius 1 is 1.19 bits per heavy atom. The normalized spacial score (nSPS) is 17.0. The third-order valence-electron chi connectivity index (χ3n) is 5.09. The molecule has 4 rings (SSSR count). The van der Waals surface area contributed by atoms with Gasteiger partial charge < -0.3 is 5.32 Å². The first-order valence-corrected chi connectivity index (χ1v) is 11.7. The molecule has 1 N–H and O–H groups in total. The molecule has 0 saturated heterocycles. The lowest BCUT2D eigenvalue weighted by Crippen LogP contribution is -2.41. The van der Waals surface area contributed by atoms with Crippen molar-refractivity contribution >= 4 is 51.9 Å². The van der Waals surface area contributed by atoms with Crippen LogP contribution < -0.4 is 5.32 Å². The molecule has 160 valence electrons. The van der Waals surface area contributed by atoms with Crippen molar-refractivity contribution in [2.24, 2.45) is 9.98 Å². The summed E-state index contributed by atoms with van der Waals surface area (Å²) in [6.45, 7) is 2.57. The summed E-state index contributed by atoms with van der Waals surface area (Å²) in [6, 6.07) is 14.8. The van der Waals surface area contributed by atoms with Crippen molar-refractivity contribution in [3.05, 3.63) is 64.7 Å². The number of carbonyl (C=O) groups is 2. The van der Waals surface area contributed by atoms with E-state index in [2.05, 4.69) is 15.3 Å². The molecule has 6 nitrogen and oxygen atoms in total. The Hall–Kier alpha value is -2.64. The summed E-state index contributed by atoms with van der Waals surface area (Å²) in [6.07, 6.45) is 2.30. The van der Waals surface area contributed by atoms with Crippen LogP contribution in [0.2, 0.25) is 5.02 Å². The zero-order valence-electron chi connectivity index (χ0n) is 17.2. The van der Waals surface area contributed by atoms with Crippen molar-refractivity contribution in [1.29, 1.82) is 0 Å². The van der Waals surface area contributed by atoms with Crippen LogP contribution in [-0.2, 0) is 16.0 Å². The Balaban J connectivity index is 1.40. The van der Waals surface area contributed by atoms with Crippen molar-refractivity contribution in [2.75, 3.05) is 12.3 Å². The number of rotatable bonds is 7. The van der Waals surface area contributed by atoms with Gasteiger partial charge in [-0.1, -0.05) is 61.0 Å². The molecule has 0 unspecified atom stereocenters. The SMILES string of the molecule is CCC[C@H]1N=C2c3ccccc3N=C(SCC(=O)NCCc3ccc(Cl)cc3)N2C1=O. The Morgan fingerprint density at radius 2 is 1.97 bits per heavy atom. The lowest BCUT2D eigenvalue weighted by Gasteiger charge is -2.25. The second-order valence-electron chi connectivity index (χ2n) is 7.36. The molecule has 8 heteroatoms. The number of hydrogen-bond acceptors (Lipinski definition) is 5. The van der Waals surface area contributed by atoms with Gasteiger partial charge in [0.2, 0.25) is 5.91 Å². The van der Waals surface area contributed by atoms with Crippen molar-refractivity contribution in [3.8, 4) is 0 Å². The summed E-state index contributed by atoms with van der Waals surface area (Å²) >= 11 is 7.16. The number of aliphatic imine (C=N–C) groups is 2. The number of thioether (sulfide) groups is 1. The zero-order valence-corrected chi connectivity index (χ0v) is 18.7. The number of para-hydroxylation sites is 1. The first-order valence-electron chi connectivity index (χ1n) is 10.3. The van der Waals surface area contributed by atoms with Gasteiger partial charge in [-0.25, -0.2) is 9.89 Å². The van der Waals surface area contributed by atoms with Gasteiger partial charge in [-0.05, 0) is 42.7 Å². The maximum atomic E-state index is 13.0. The van der Waals surface area contributed by atoms with Gasteiger partial charge in [-0.15, -0.1) is 0 Å². The highest BCUT2D eigenvalue weighted by molar-refractivity contribution is 8.14. The quantitative estimate of drug-likeness (QED) is 0.681. The molecular weight excluding hydrogens is 432 g/mol. The monoisotopic (exact) mass is 454 g/mol. The number of hydrogen-bond donors (Lipinski definition) is 1. The lowest BCUT2D eigenvalue weighted by atomic mass is 10.1. The molecule has 2 aliphatic rings. The van der Waals surface area contributed by atoms with Crippen molar-refractivity contribution < 1.29 is 9.59 Å². The molecule has 2 heterocycles. The maximum absolute atomic E-state index is 13.0. The summed E-state index contributed by atoms with van der Waals surface area (Å²) in [5.41, 5.74) is 2.73. The molecule has 31 heavy (non-hydrogen) atoms. The number of halogens is 1. The van der Waals surface area contributed by atoms with Crippen molar-refractivity contribution in [1.82, 2.24) is 10.2 Å². The molecular formula is C23H23ClN4O2S. The molecule has 0 radical (unpaired) electrons. The van der Waals surface area contributed by atoms with E-state index >= 15 is 0 Å². The van der Waals surface area contributed by atoms with Crippen LogP contribution in [0.3, 0.4) is 0 Å². The largest absolute Gasteiger partial charge is 0.355 e. The van der Waals surface area contributed by atoms with Gasteiger partial charge >= 0.3 is 0 Å². The van der Waals surface area contributed by atoms with Crippen molar-refractivity contribution in [2.45, 2.75) is 32.2 Å². The van der Waals surface area contributed by atoms with E-state index in [1.807, 2.05) is 55.5 Å². The minimum atomic E-state index is -0.384. The minimum absolute atomic E-state index is 0.0688. The molecule has 2 aromatic carbocycles. The second kappa shape index (κ2) is 9.66. The number of benzene rings is 2. The van der Waals surface area contributed by atoms with Crippen LogP contribution >= 0.6 is 23.4 Å². The van der Waals surface area contributed by atoms with Crippen LogP contribution in [0.25, 0.3) is 0 Å². The third kappa shape index (κ3) is 4.83.